The fourth-order valence-electron chi connectivity index (χ4n) is 1.18. The van der Waals surface area contributed by atoms with Crippen molar-refractivity contribution in [2.45, 2.75) is 18.9 Å². The first-order valence-corrected chi connectivity index (χ1v) is 4.90. The molecule has 12 heavy (non-hydrogen) atoms. The third kappa shape index (κ3) is 3.76. The van der Waals surface area contributed by atoms with Crippen molar-refractivity contribution in [3.8, 4) is 0 Å². The van der Waals surface area contributed by atoms with Gasteiger partial charge in [0.2, 0.25) is 0 Å². The van der Waals surface area contributed by atoms with Gasteiger partial charge in [-0.25, -0.2) is 0 Å². The first-order valence-electron chi connectivity index (χ1n) is 4.09. The molecule has 1 atom stereocenters. The summed E-state index contributed by atoms with van der Waals surface area (Å²) < 4.78 is 5.29. The van der Waals surface area contributed by atoms with Gasteiger partial charge >= 0.3 is 0 Å². The lowest BCUT2D eigenvalue weighted by molar-refractivity contribution is 0.0716. The molecule has 1 aliphatic rings. The molecule has 4 heteroatoms. The standard InChI is InChI=1S/C8H13Cl2NO/c9-4-7(10)5-11-8-2-1-3-12-6-8/h4,8,11H,1-3,5-6H2. The molecule has 2 nitrogen and oxygen atoms in total. The summed E-state index contributed by atoms with van der Waals surface area (Å²) in [5.74, 6) is 0. The number of halogens is 2. The van der Waals surface area contributed by atoms with Gasteiger partial charge in [0.05, 0.1) is 6.61 Å². The molecular weight excluding hydrogens is 197 g/mol. The highest BCUT2D eigenvalue weighted by Crippen LogP contribution is 2.07. The van der Waals surface area contributed by atoms with E-state index >= 15 is 0 Å². The first-order chi connectivity index (χ1) is 5.83. The fourth-order valence-corrected chi connectivity index (χ4v) is 1.34. The smallest absolute Gasteiger partial charge is 0.0619 e. The van der Waals surface area contributed by atoms with E-state index in [2.05, 4.69) is 5.32 Å². The van der Waals surface area contributed by atoms with Crippen molar-refractivity contribution in [3.05, 3.63) is 10.6 Å². The molecule has 0 aromatic heterocycles. The molecule has 0 aliphatic carbocycles. The van der Waals surface area contributed by atoms with Crippen LogP contribution in [0.1, 0.15) is 12.8 Å². The Hall–Kier alpha value is 0.240. The van der Waals surface area contributed by atoms with E-state index in [0.717, 1.165) is 26.1 Å². The van der Waals surface area contributed by atoms with Crippen LogP contribution in [-0.4, -0.2) is 25.8 Å². The first kappa shape index (κ1) is 10.3. The maximum atomic E-state index is 5.71. The largest absolute Gasteiger partial charge is 0.380 e. The number of rotatable bonds is 3. The van der Waals surface area contributed by atoms with Gasteiger partial charge in [-0.05, 0) is 12.8 Å². The van der Waals surface area contributed by atoms with Crippen LogP contribution in [0.5, 0.6) is 0 Å². The molecule has 1 aliphatic heterocycles. The molecule has 0 saturated carbocycles. The minimum atomic E-state index is 0.434. The summed E-state index contributed by atoms with van der Waals surface area (Å²) in [6, 6.07) is 0.434. The molecule has 0 radical (unpaired) electrons. The van der Waals surface area contributed by atoms with Crippen LogP contribution in [0.25, 0.3) is 0 Å². The van der Waals surface area contributed by atoms with Crippen molar-refractivity contribution in [2.75, 3.05) is 19.8 Å². The van der Waals surface area contributed by atoms with Gasteiger partial charge < -0.3 is 10.1 Å². The molecule has 1 N–H and O–H groups in total. The minimum absolute atomic E-state index is 0.434. The van der Waals surface area contributed by atoms with Crippen molar-refractivity contribution < 1.29 is 4.74 Å². The van der Waals surface area contributed by atoms with E-state index in [0.29, 0.717) is 17.6 Å². The highest BCUT2D eigenvalue weighted by molar-refractivity contribution is 6.36. The average molecular weight is 210 g/mol. The average Bonchev–Trinajstić information content (AvgIpc) is 2.16. The van der Waals surface area contributed by atoms with Crippen molar-refractivity contribution in [3.63, 3.8) is 0 Å². The van der Waals surface area contributed by atoms with E-state index in [1.54, 1.807) is 0 Å². The van der Waals surface area contributed by atoms with Crippen LogP contribution in [-0.2, 0) is 4.74 Å². The summed E-state index contributed by atoms with van der Waals surface area (Å²) in [4.78, 5) is 0. The molecule has 1 saturated heterocycles. The summed E-state index contributed by atoms with van der Waals surface area (Å²) in [6.45, 7) is 2.31. The van der Waals surface area contributed by atoms with Crippen LogP contribution >= 0.6 is 23.2 Å². The van der Waals surface area contributed by atoms with E-state index in [9.17, 15) is 0 Å². The summed E-state index contributed by atoms with van der Waals surface area (Å²) in [5, 5.41) is 3.90. The van der Waals surface area contributed by atoms with Gasteiger partial charge in [0, 0.05) is 29.8 Å². The van der Waals surface area contributed by atoms with Gasteiger partial charge in [-0.3, -0.25) is 0 Å². The predicted molar refractivity (Wildman–Crippen MR) is 51.6 cm³/mol. The van der Waals surface area contributed by atoms with Crippen molar-refractivity contribution in [1.29, 1.82) is 0 Å². The Balaban J connectivity index is 2.13. The highest BCUT2D eigenvalue weighted by Gasteiger charge is 2.12. The molecule has 70 valence electrons. The zero-order valence-corrected chi connectivity index (χ0v) is 8.37. The molecule has 0 bridgehead atoms. The van der Waals surface area contributed by atoms with Gasteiger partial charge in [0.25, 0.3) is 0 Å². The zero-order chi connectivity index (χ0) is 8.81. The molecule has 0 amide bonds. The number of nitrogens with one attached hydrogen (secondary N) is 1. The predicted octanol–water partition coefficient (Wildman–Crippen LogP) is 2.07. The van der Waals surface area contributed by atoms with Crippen LogP contribution in [0.15, 0.2) is 10.6 Å². The third-order valence-corrected chi connectivity index (χ3v) is 2.46. The van der Waals surface area contributed by atoms with Crippen LogP contribution < -0.4 is 5.32 Å². The van der Waals surface area contributed by atoms with Crippen LogP contribution in [0, 0.1) is 0 Å². The van der Waals surface area contributed by atoms with Crippen molar-refractivity contribution >= 4 is 23.2 Å². The van der Waals surface area contributed by atoms with E-state index in [1.807, 2.05) is 0 Å². The lowest BCUT2D eigenvalue weighted by Crippen LogP contribution is -2.37. The molecule has 0 aromatic rings. The topological polar surface area (TPSA) is 21.3 Å². The van der Waals surface area contributed by atoms with Crippen molar-refractivity contribution in [2.24, 2.45) is 0 Å². The number of hydrogen-bond acceptors (Lipinski definition) is 2. The molecule has 1 heterocycles. The Morgan fingerprint density at radius 1 is 1.67 bits per heavy atom. The number of hydrogen-bond donors (Lipinski definition) is 1. The van der Waals surface area contributed by atoms with E-state index in [-0.39, 0.29) is 0 Å². The second-order valence-corrected chi connectivity index (χ2v) is 3.55. The summed E-state index contributed by atoms with van der Waals surface area (Å²) in [6.07, 6.45) is 2.28. The lowest BCUT2D eigenvalue weighted by Gasteiger charge is -2.22. The normalized spacial score (nSPS) is 25.8. The minimum Gasteiger partial charge on any atom is -0.380 e. The second-order valence-electron chi connectivity index (χ2n) is 2.85. The third-order valence-electron chi connectivity index (χ3n) is 1.84. The molecular formula is C8H13Cl2NO. The Kier molecular flexibility index (Phi) is 5.00. The van der Waals surface area contributed by atoms with E-state index < -0.39 is 0 Å². The van der Waals surface area contributed by atoms with Gasteiger partial charge in [-0.2, -0.15) is 0 Å². The van der Waals surface area contributed by atoms with E-state index in [1.165, 1.54) is 5.54 Å². The molecule has 1 rings (SSSR count). The molecule has 0 aromatic carbocycles. The maximum Gasteiger partial charge on any atom is 0.0619 e. The number of ether oxygens (including phenoxy) is 1. The molecule has 0 spiro atoms. The molecule has 1 fully saturated rings. The Morgan fingerprint density at radius 2 is 2.50 bits per heavy atom. The van der Waals surface area contributed by atoms with Crippen molar-refractivity contribution in [1.82, 2.24) is 5.32 Å². The van der Waals surface area contributed by atoms with Gasteiger partial charge in [0.15, 0.2) is 0 Å². The Bertz CT molecular complexity index is 155. The second kappa shape index (κ2) is 5.81. The van der Waals surface area contributed by atoms with Gasteiger partial charge in [-0.1, -0.05) is 23.2 Å². The summed E-state index contributed by atoms with van der Waals surface area (Å²) in [7, 11) is 0. The zero-order valence-electron chi connectivity index (χ0n) is 6.85. The maximum absolute atomic E-state index is 5.71. The van der Waals surface area contributed by atoms with Gasteiger partial charge in [0.1, 0.15) is 0 Å². The SMILES string of the molecule is ClC=C(Cl)CNC1CCCOC1. The Labute approximate surface area is 82.9 Å². The Morgan fingerprint density at radius 3 is 3.08 bits per heavy atom. The quantitative estimate of drug-likeness (QED) is 0.769. The monoisotopic (exact) mass is 209 g/mol. The van der Waals surface area contributed by atoms with Gasteiger partial charge in [-0.15, -0.1) is 0 Å². The fraction of sp³-hybridized carbons (Fsp3) is 0.750. The molecule has 1 unspecified atom stereocenters. The van der Waals surface area contributed by atoms with E-state index in [4.69, 9.17) is 27.9 Å². The van der Waals surface area contributed by atoms with Crippen LogP contribution in [0.4, 0.5) is 0 Å². The summed E-state index contributed by atoms with van der Waals surface area (Å²) in [5.41, 5.74) is 1.39. The van der Waals surface area contributed by atoms with Crippen LogP contribution in [0.3, 0.4) is 0 Å². The lowest BCUT2D eigenvalue weighted by atomic mass is 10.1. The summed E-state index contributed by atoms with van der Waals surface area (Å²) >= 11 is 11.1. The highest BCUT2D eigenvalue weighted by atomic mass is 35.5. The van der Waals surface area contributed by atoms with Crippen LogP contribution in [0.2, 0.25) is 0 Å².